The van der Waals surface area contributed by atoms with Gasteiger partial charge in [-0.3, -0.25) is 9.20 Å². The van der Waals surface area contributed by atoms with Crippen molar-refractivity contribution in [2.45, 2.75) is 26.4 Å². The number of pyridine rings is 1. The van der Waals surface area contributed by atoms with Gasteiger partial charge in [-0.2, -0.15) is 0 Å². The van der Waals surface area contributed by atoms with Crippen LogP contribution in [-0.2, 0) is 6.54 Å². The fraction of sp³-hybridized carbons (Fsp3) is 0.250. The molecule has 0 bridgehead atoms. The summed E-state index contributed by atoms with van der Waals surface area (Å²) >= 11 is 1.73. The summed E-state index contributed by atoms with van der Waals surface area (Å²) in [5.74, 6) is 0. The molecule has 3 aromatic heterocycles. The Morgan fingerprint density at radius 2 is 2.00 bits per heavy atom. The molecule has 6 heteroatoms. The average molecular weight is 365 g/mol. The number of thiazole rings is 1. The molecule has 0 saturated heterocycles. The van der Waals surface area contributed by atoms with Crippen molar-refractivity contribution in [1.82, 2.24) is 14.4 Å². The molecule has 132 valence electrons. The Balaban J connectivity index is 1.60. The van der Waals surface area contributed by atoms with Crippen LogP contribution in [0, 0.1) is 6.92 Å². The Bertz CT molecular complexity index is 1110. The van der Waals surface area contributed by atoms with Crippen molar-refractivity contribution >= 4 is 27.2 Å². The molecular weight excluding hydrogens is 344 g/mol. The quantitative estimate of drug-likeness (QED) is 0.604. The topological polar surface area (TPSA) is 51.7 Å². The third-order valence-electron chi connectivity index (χ3n) is 4.74. The monoisotopic (exact) mass is 365 g/mol. The maximum Gasteiger partial charge on any atom is 0.258 e. The van der Waals surface area contributed by atoms with Gasteiger partial charge in [-0.1, -0.05) is 18.2 Å². The molecule has 0 aliphatic carbocycles. The van der Waals surface area contributed by atoms with Crippen LogP contribution in [0.4, 0.5) is 0 Å². The normalized spacial score (nSPS) is 14.0. The maximum absolute atomic E-state index is 12.4. The Labute approximate surface area is 155 Å². The van der Waals surface area contributed by atoms with Crippen LogP contribution in [0.3, 0.4) is 0 Å². The smallest absolute Gasteiger partial charge is 0.258 e. The molecular formula is C20H21N4OS+. The minimum atomic E-state index is -0.0332. The van der Waals surface area contributed by atoms with E-state index in [-0.39, 0.29) is 11.6 Å². The van der Waals surface area contributed by atoms with Crippen LogP contribution in [0.1, 0.15) is 29.2 Å². The molecule has 1 unspecified atom stereocenters. The minimum Gasteiger partial charge on any atom is -0.324 e. The molecule has 3 heterocycles. The molecule has 1 aromatic carbocycles. The highest BCUT2D eigenvalue weighted by molar-refractivity contribution is 7.18. The second-order valence-electron chi connectivity index (χ2n) is 6.79. The molecule has 0 aliphatic rings. The van der Waals surface area contributed by atoms with E-state index in [1.54, 1.807) is 21.8 Å². The predicted octanol–water partition coefficient (Wildman–Crippen LogP) is 2.39. The molecule has 0 fully saturated rings. The number of aromatic nitrogens is 3. The molecule has 4 rings (SSSR count). The second-order valence-corrected chi connectivity index (χ2v) is 7.85. The first-order valence-electron chi connectivity index (χ1n) is 8.68. The summed E-state index contributed by atoms with van der Waals surface area (Å²) in [4.78, 5) is 23.1. The highest BCUT2D eigenvalue weighted by Gasteiger charge is 2.20. The maximum atomic E-state index is 12.4. The van der Waals surface area contributed by atoms with Crippen LogP contribution in [0.25, 0.3) is 15.9 Å². The molecule has 2 atom stereocenters. The highest BCUT2D eigenvalue weighted by Crippen LogP contribution is 2.24. The minimum absolute atomic E-state index is 0.0332. The van der Waals surface area contributed by atoms with Gasteiger partial charge in [0, 0.05) is 12.3 Å². The van der Waals surface area contributed by atoms with E-state index in [1.807, 2.05) is 43.5 Å². The van der Waals surface area contributed by atoms with Crippen LogP contribution in [0.15, 0.2) is 53.5 Å². The van der Waals surface area contributed by atoms with E-state index in [0.717, 1.165) is 21.8 Å². The summed E-state index contributed by atoms with van der Waals surface area (Å²) < 4.78 is 2.81. The van der Waals surface area contributed by atoms with E-state index in [9.17, 15) is 4.79 Å². The number of benzene rings is 1. The number of nitrogens with one attached hydrogen (secondary N) is 1. The van der Waals surface area contributed by atoms with Gasteiger partial charge in [0.1, 0.15) is 23.9 Å². The Hall–Kier alpha value is -2.57. The third-order valence-corrected chi connectivity index (χ3v) is 5.96. The molecule has 1 N–H and O–H groups in total. The summed E-state index contributed by atoms with van der Waals surface area (Å²) in [6.45, 7) is 4.82. The molecule has 0 aliphatic heterocycles. The lowest BCUT2D eigenvalue weighted by atomic mass is 10.2. The number of rotatable bonds is 4. The first-order valence-corrected chi connectivity index (χ1v) is 9.49. The van der Waals surface area contributed by atoms with Gasteiger partial charge in [0.2, 0.25) is 0 Å². The van der Waals surface area contributed by atoms with Gasteiger partial charge < -0.3 is 4.90 Å². The fourth-order valence-corrected chi connectivity index (χ4v) is 4.19. The number of nitrogens with zero attached hydrogens (tertiary/aromatic N) is 3. The van der Waals surface area contributed by atoms with E-state index in [0.29, 0.717) is 12.2 Å². The lowest BCUT2D eigenvalue weighted by Gasteiger charge is -2.19. The average Bonchev–Trinajstić information content (AvgIpc) is 3.06. The Morgan fingerprint density at radius 1 is 1.19 bits per heavy atom. The second kappa shape index (κ2) is 6.63. The van der Waals surface area contributed by atoms with Crippen LogP contribution < -0.4 is 10.5 Å². The van der Waals surface area contributed by atoms with Gasteiger partial charge in [0.15, 0.2) is 5.01 Å². The van der Waals surface area contributed by atoms with E-state index in [2.05, 4.69) is 25.0 Å². The van der Waals surface area contributed by atoms with Gasteiger partial charge in [-0.25, -0.2) is 9.97 Å². The largest absolute Gasteiger partial charge is 0.324 e. The molecule has 0 spiro atoms. The zero-order valence-corrected chi connectivity index (χ0v) is 15.9. The van der Waals surface area contributed by atoms with E-state index in [4.69, 9.17) is 4.98 Å². The summed E-state index contributed by atoms with van der Waals surface area (Å²) in [5.41, 5.74) is 3.56. The number of fused-ring (bicyclic) bond motifs is 2. The zero-order chi connectivity index (χ0) is 18.3. The van der Waals surface area contributed by atoms with Crippen LogP contribution in [0.5, 0.6) is 0 Å². The van der Waals surface area contributed by atoms with Gasteiger partial charge in [-0.15, -0.1) is 11.3 Å². The van der Waals surface area contributed by atoms with Crippen LogP contribution in [0.2, 0.25) is 0 Å². The molecule has 0 radical (unpaired) electrons. The van der Waals surface area contributed by atoms with Gasteiger partial charge in [0.05, 0.1) is 17.3 Å². The Kier molecular flexibility index (Phi) is 4.30. The molecule has 0 amide bonds. The van der Waals surface area contributed by atoms with E-state index < -0.39 is 0 Å². The van der Waals surface area contributed by atoms with E-state index in [1.165, 1.54) is 9.60 Å². The van der Waals surface area contributed by atoms with Crippen LogP contribution >= 0.6 is 11.3 Å². The van der Waals surface area contributed by atoms with Crippen molar-refractivity contribution in [3.8, 4) is 0 Å². The summed E-state index contributed by atoms with van der Waals surface area (Å²) in [5, 5.41) is 1.11. The standard InChI is InChI=1S/C20H20N4OS/c1-13-8-9-18-21-15(10-19(25)24(18)11-13)12-23(3)14(2)20-22-16-6-4-5-7-17(16)26-20/h4-11,14H,12H2,1-3H3/p+1/t14-/m0/s1. The van der Waals surface area contributed by atoms with Gasteiger partial charge in [-0.05, 0) is 37.6 Å². The first-order chi connectivity index (χ1) is 12.5. The van der Waals surface area contributed by atoms with Crippen molar-refractivity contribution in [1.29, 1.82) is 0 Å². The number of aryl methyl sites for hydroxylation is 1. The predicted molar refractivity (Wildman–Crippen MR) is 105 cm³/mol. The SMILES string of the molecule is Cc1ccc2nc(C[NH+](C)[C@@H](C)c3nc4ccccc4s3)cc(=O)n2c1. The van der Waals surface area contributed by atoms with Gasteiger partial charge >= 0.3 is 0 Å². The Morgan fingerprint density at radius 3 is 2.81 bits per heavy atom. The van der Waals surface area contributed by atoms with Crippen LogP contribution in [-0.4, -0.2) is 21.4 Å². The highest BCUT2D eigenvalue weighted by atomic mass is 32.1. The number of para-hydroxylation sites is 1. The third kappa shape index (κ3) is 3.13. The molecule has 0 saturated carbocycles. The summed E-state index contributed by atoms with van der Waals surface area (Å²) in [7, 11) is 2.12. The summed E-state index contributed by atoms with van der Waals surface area (Å²) in [6, 6.07) is 13.9. The number of hydrogen-bond donors (Lipinski definition) is 1. The fourth-order valence-electron chi connectivity index (χ4n) is 3.07. The zero-order valence-electron chi connectivity index (χ0n) is 15.1. The molecule has 4 aromatic rings. The number of quaternary nitrogens is 1. The van der Waals surface area contributed by atoms with Crippen molar-refractivity contribution in [2.75, 3.05) is 7.05 Å². The lowest BCUT2D eigenvalue weighted by molar-refractivity contribution is -0.924. The first kappa shape index (κ1) is 16.9. The summed E-state index contributed by atoms with van der Waals surface area (Å²) in [6.07, 6.45) is 1.83. The van der Waals surface area contributed by atoms with Crippen molar-refractivity contribution < 1.29 is 4.90 Å². The van der Waals surface area contributed by atoms with Crippen molar-refractivity contribution in [2.24, 2.45) is 0 Å². The molecule has 26 heavy (non-hydrogen) atoms. The number of hydrogen-bond acceptors (Lipinski definition) is 4. The lowest BCUT2D eigenvalue weighted by Crippen LogP contribution is -3.07. The van der Waals surface area contributed by atoms with Gasteiger partial charge in [0.25, 0.3) is 5.56 Å². The molecule has 5 nitrogen and oxygen atoms in total. The van der Waals surface area contributed by atoms with Crippen molar-refractivity contribution in [3.63, 3.8) is 0 Å². The van der Waals surface area contributed by atoms with Crippen molar-refractivity contribution in [3.05, 3.63) is 75.3 Å². The van der Waals surface area contributed by atoms with E-state index >= 15 is 0 Å².